The molecule has 0 amide bonds. The van der Waals surface area contributed by atoms with Crippen LogP contribution in [-0.2, 0) is 0 Å². The maximum atomic E-state index is 6.05. The van der Waals surface area contributed by atoms with E-state index in [1.165, 1.54) is 0 Å². The summed E-state index contributed by atoms with van der Waals surface area (Å²) in [6.45, 7) is 2.02. The van der Waals surface area contributed by atoms with Crippen molar-refractivity contribution in [2.24, 2.45) is 5.84 Å². The summed E-state index contributed by atoms with van der Waals surface area (Å²) in [6.07, 6.45) is 3.41. The van der Waals surface area contributed by atoms with Crippen LogP contribution in [0.2, 0.25) is 5.02 Å². The zero-order valence-electron chi connectivity index (χ0n) is 10.9. The van der Waals surface area contributed by atoms with E-state index in [1.54, 1.807) is 19.5 Å². The first kappa shape index (κ1) is 13.8. The van der Waals surface area contributed by atoms with Crippen LogP contribution in [0.5, 0.6) is 5.75 Å². The Morgan fingerprint density at radius 1 is 1.32 bits per heavy atom. The molecular formula is C14H16ClN3O. The minimum absolute atomic E-state index is 0.179. The lowest BCUT2D eigenvalue weighted by Gasteiger charge is -2.19. The van der Waals surface area contributed by atoms with Crippen LogP contribution in [-0.4, -0.2) is 12.1 Å². The predicted molar refractivity (Wildman–Crippen MR) is 76.1 cm³/mol. The second-order valence-corrected chi connectivity index (χ2v) is 4.70. The smallest absolute Gasteiger partial charge is 0.137 e. The largest absolute Gasteiger partial charge is 0.495 e. The van der Waals surface area contributed by atoms with E-state index < -0.39 is 0 Å². The molecule has 0 radical (unpaired) electrons. The van der Waals surface area contributed by atoms with E-state index in [2.05, 4.69) is 10.4 Å². The molecule has 2 aromatic rings. The van der Waals surface area contributed by atoms with Gasteiger partial charge in [0.05, 0.1) is 19.3 Å². The van der Waals surface area contributed by atoms with E-state index in [0.717, 1.165) is 16.7 Å². The zero-order valence-corrected chi connectivity index (χ0v) is 11.6. The third-order valence-corrected chi connectivity index (χ3v) is 3.26. The predicted octanol–water partition coefficient (Wildman–Crippen LogP) is 2.60. The molecule has 1 unspecified atom stereocenters. The van der Waals surface area contributed by atoms with Gasteiger partial charge in [-0.3, -0.25) is 10.8 Å². The van der Waals surface area contributed by atoms with E-state index in [9.17, 15) is 0 Å². The van der Waals surface area contributed by atoms with E-state index in [4.69, 9.17) is 22.2 Å². The van der Waals surface area contributed by atoms with Gasteiger partial charge in [0.15, 0.2) is 0 Å². The summed E-state index contributed by atoms with van der Waals surface area (Å²) in [7, 11) is 1.61. The van der Waals surface area contributed by atoms with Gasteiger partial charge in [0.1, 0.15) is 5.75 Å². The summed E-state index contributed by atoms with van der Waals surface area (Å²) in [5, 5.41) is 0.678. The molecule has 0 fully saturated rings. The molecule has 19 heavy (non-hydrogen) atoms. The molecule has 0 saturated carbocycles. The molecule has 5 heteroatoms. The summed E-state index contributed by atoms with van der Waals surface area (Å²) >= 11 is 6.05. The van der Waals surface area contributed by atoms with Crippen LogP contribution in [0.1, 0.15) is 22.7 Å². The first-order valence-corrected chi connectivity index (χ1v) is 6.24. The average Bonchev–Trinajstić information content (AvgIpc) is 2.44. The van der Waals surface area contributed by atoms with Crippen LogP contribution in [0.3, 0.4) is 0 Å². The lowest BCUT2D eigenvalue weighted by Crippen LogP contribution is -2.29. The minimum atomic E-state index is -0.179. The first-order chi connectivity index (χ1) is 9.15. The van der Waals surface area contributed by atoms with Crippen LogP contribution in [0.25, 0.3) is 0 Å². The highest BCUT2D eigenvalue weighted by Gasteiger charge is 2.16. The zero-order chi connectivity index (χ0) is 13.8. The number of aromatic nitrogens is 1. The van der Waals surface area contributed by atoms with Crippen molar-refractivity contribution in [3.63, 3.8) is 0 Å². The lowest BCUT2D eigenvalue weighted by atomic mass is 9.96. The molecule has 4 nitrogen and oxygen atoms in total. The number of hydrazine groups is 1. The lowest BCUT2D eigenvalue weighted by molar-refractivity contribution is 0.411. The molecule has 0 bridgehead atoms. The van der Waals surface area contributed by atoms with Crippen molar-refractivity contribution < 1.29 is 4.74 Å². The minimum Gasteiger partial charge on any atom is -0.495 e. The summed E-state index contributed by atoms with van der Waals surface area (Å²) in [5.74, 6) is 6.38. The highest BCUT2D eigenvalue weighted by molar-refractivity contribution is 6.30. The standard InChI is InChI=1S/C14H16ClN3O/c1-9-3-4-11(15)6-13(9)14(18-16)10-5-12(19-2)8-17-7-10/h3-8,14,18H,16H2,1-2H3. The summed E-state index contributed by atoms with van der Waals surface area (Å²) < 4.78 is 5.18. The molecule has 0 saturated heterocycles. The molecule has 1 heterocycles. The molecule has 1 atom stereocenters. The molecule has 0 aliphatic heterocycles. The maximum absolute atomic E-state index is 6.05. The van der Waals surface area contributed by atoms with Crippen LogP contribution in [0, 0.1) is 6.92 Å². The first-order valence-electron chi connectivity index (χ1n) is 5.87. The van der Waals surface area contributed by atoms with Crippen molar-refractivity contribution in [1.82, 2.24) is 10.4 Å². The Balaban J connectivity index is 2.46. The van der Waals surface area contributed by atoms with E-state index in [-0.39, 0.29) is 6.04 Å². The van der Waals surface area contributed by atoms with Gasteiger partial charge in [0, 0.05) is 11.2 Å². The van der Waals surface area contributed by atoms with Crippen molar-refractivity contribution in [2.75, 3.05) is 7.11 Å². The third kappa shape index (κ3) is 3.04. The van der Waals surface area contributed by atoms with Crippen molar-refractivity contribution in [1.29, 1.82) is 0 Å². The second kappa shape index (κ2) is 6.02. The monoisotopic (exact) mass is 277 g/mol. The Morgan fingerprint density at radius 2 is 2.11 bits per heavy atom. The molecule has 1 aromatic carbocycles. The SMILES string of the molecule is COc1cncc(C(NN)c2cc(Cl)ccc2C)c1. The number of hydrogen-bond donors (Lipinski definition) is 2. The molecular weight excluding hydrogens is 262 g/mol. The Labute approximate surface area is 117 Å². The molecule has 1 aromatic heterocycles. The van der Waals surface area contributed by atoms with Gasteiger partial charge in [0.2, 0.25) is 0 Å². The number of pyridine rings is 1. The van der Waals surface area contributed by atoms with Crippen molar-refractivity contribution in [3.05, 3.63) is 58.4 Å². The van der Waals surface area contributed by atoms with Crippen LogP contribution < -0.4 is 16.0 Å². The van der Waals surface area contributed by atoms with Gasteiger partial charge in [-0.1, -0.05) is 17.7 Å². The number of hydrogen-bond acceptors (Lipinski definition) is 4. The molecule has 100 valence electrons. The Bertz CT molecular complexity index is 574. The van der Waals surface area contributed by atoms with E-state index in [1.807, 2.05) is 31.2 Å². The Kier molecular flexibility index (Phi) is 4.37. The number of aryl methyl sites for hydroxylation is 1. The fourth-order valence-corrected chi connectivity index (χ4v) is 2.17. The van der Waals surface area contributed by atoms with Crippen LogP contribution in [0.15, 0.2) is 36.7 Å². The number of rotatable bonds is 4. The number of halogens is 1. The maximum Gasteiger partial charge on any atom is 0.137 e. The molecule has 0 aliphatic carbocycles. The molecule has 3 N–H and O–H groups in total. The van der Waals surface area contributed by atoms with E-state index >= 15 is 0 Å². The number of benzene rings is 1. The molecule has 0 spiro atoms. The Morgan fingerprint density at radius 3 is 2.79 bits per heavy atom. The van der Waals surface area contributed by atoms with Gasteiger partial charge < -0.3 is 4.74 Å². The molecule has 2 rings (SSSR count). The van der Waals surface area contributed by atoms with Crippen LogP contribution >= 0.6 is 11.6 Å². The summed E-state index contributed by atoms with van der Waals surface area (Å²) in [5.41, 5.74) is 5.85. The molecule has 0 aliphatic rings. The fraction of sp³-hybridized carbons (Fsp3) is 0.214. The number of nitrogens with one attached hydrogen (secondary N) is 1. The summed E-state index contributed by atoms with van der Waals surface area (Å²) in [6, 6.07) is 7.45. The Hall–Kier alpha value is -1.62. The summed E-state index contributed by atoms with van der Waals surface area (Å²) in [4.78, 5) is 4.15. The fourth-order valence-electron chi connectivity index (χ4n) is 1.99. The van der Waals surface area contributed by atoms with Gasteiger partial charge in [-0.25, -0.2) is 5.43 Å². The highest BCUT2D eigenvalue weighted by Crippen LogP contribution is 2.28. The van der Waals surface area contributed by atoms with Crippen LogP contribution in [0.4, 0.5) is 0 Å². The van der Waals surface area contributed by atoms with Gasteiger partial charge >= 0.3 is 0 Å². The number of nitrogens with zero attached hydrogens (tertiary/aromatic N) is 1. The van der Waals surface area contributed by atoms with E-state index in [0.29, 0.717) is 10.8 Å². The highest BCUT2D eigenvalue weighted by atomic mass is 35.5. The number of methoxy groups -OCH3 is 1. The number of nitrogens with two attached hydrogens (primary N) is 1. The quantitative estimate of drug-likeness (QED) is 0.666. The number of ether oxygens (including phenoxy) is 1. The topological polar surface area (TPSA) is 60.2 Å². The second-order valence-electron chi connectivity index (χ2n) is 4.26. The van der Waals surface area contributed by atoms with Crippen molar-refractivity contribution >= 4 is 11.6 Å². The third-order valence-electron chi connectivity index (χ3n) is 3.02. The van der Waals surface area contributed by atoms with Gasteiger partial charge in [0.25, 0.3) is 0 Å². The van der Waals surface area contributed by atoms with Gasteiger partial charge in [-0.15, -0.1) is 0 Å². The van der Waals surface area contributed by atoms with Crippen molar-refractivity contribution in [2.45, 2.75) is 13.0 Å². The normalized spacial score (nSPS) is 12.2. The average molecular weight is 278 g/mol. The van der Waals surface area contributed by atoms with Crippen molar-refractivity contribution in [3.8, 4) is 5.75 Å². The van der Waals surface area contributed by atoms with Gasteiger partial charge in [-0.05, 0) is 41.8 Å². The van der Waals surface area contributed by atoms with Gasteiger partial charge in [-0.2, -0.15) is 0 Å².